The average Bonchev–Trinajstić information content (AvgIpc) is 2.95. The van der Waals surface area contributed by atoms with Crippen molar-refractivity contribution in [2.24, 2.45) is 0 Å². The number of nitrogens with one attached hydrogen (secondary N) is 2. The Hall–Kier alpha value is -4.26. The number of piperazine rings is 1. The highest BCUT2D eigenvalue weighted by Gasteiger charge is 2.31. The lowest BCUT2D eigenvalue weighted by atomic mass is 10.1. The molecule has 0 saturated carbocycles. The summed E-state index contributed by atoms with van der Waals surface area (Å²) < 4.78 is 74.4. The molecule has 1 aliphatic rings. The summed E-state index contributed by atoms with van der Waals surface area (Å²) in [6.07, 6.45) is -4.67. The highest BCUT2D eigenvalue weighted by molar-refractivity contribution is 7.92. The van der Waals surface area contributed by atoms with Gasteiger partial charge in [0.25, 0.3) is 15.9 Å². The second-order valence-corrected chi connectivity index (χ2v) is 11.0. The highest BCUT2D eigenvalue weighted by atomic mass is 32.2. The molecule has 2 amide bonds. The second-order valence-electron chi connectivity index (χ2n) is 9.36. The molecule has 4 rings (SSSR count). The van der Waals surface area contributed by atoms with Crippen molar-refractivity contribution in [3.8, 4) is 5.75 Å². The summed E-state index contributed by atoms with van der Waals surface area (Å²) in [6.45, 7) is 2.86. The van der Waals surface area contributed by atoms with Crippen LogP contribution in [0, 0.1) is 0 Å². The van der Waals surface area contributed by atoms with E-state index in [1.54, 1.807) is 29.2 Å². The zero-order valence-electron chi connectivity index (χ0n) is 22.4. The van der Waals surface area contributed by atoms with Gasteiger partial charge in [-0.3, -0.25) is 14.3 Å². The Morgan fingerprint density at radius 3 is 2.27 bits per heavy atom. The smallest absolute Gasteiger partial charge is 0.416 e. The first-order valence-electron chi connectivity index (χ1n) is 12.6. The number of alkyl halides is 3. The largest absolute Gasteiger partial charge is 0.496 e. The van der Waals surface area contributed by atoms with Gasteiger partial charge in [-0.15, -0.1) is 0 Å². The van der Waals surface area contributed by atoms with Crippen LogP contribution in [0.3, 0.4) is 0 Å². The summed E-state index contributed by atoms with van der Waals surface area (Å²) in [4.78, 5) is 27.7. The van der Waals surface area contributed by atoms with E-state index in [2.05, 4.69) is 10.0 Å². The van der Waals surface area contributed by atoms with Gasteiger partial charge >= 0.3 is 6.18 Å². The van der Waals surface area contributed by atoms with Crippen molar-refractivity contribution in [2.45, 2.75) is 24.5 Å². The van der Waals surface area contributed by atoms with Gasteiger partial charge in [-0.25, -0.2) is 8.42 Å². The second kappa shape index (κ2) is 12.1. The Morgan fingerprint density at radius 1 is 0.927 bits per heavy atom. The number of hydrogen-bond acceptors (Lipinski definition) is 6. The van der Waals surface area contributed by atoms with E-state index in [-0.39, 0.29) is 47.4 Å². The summed E-state index contributed by atoms with van der Waals surface area (Å²) >= 11 is 0. The number of hydrogen-bond donors (Lipinski definition) is 2. The third-order valence-electron chi connectivity index (χ3n) is 6.63. The lowest BCUT2D eigenvalue weighted by Crippen LogP contribution is -2.50. The van der Waals surface area contributed by atoms with Gasteiger partial charge in [-0.1, -0.05) is 24.3 Å². The minimum absolute atomic E-state index is 0.0773. The highest BCUT2D eigenvalue weighted by Crippen LogP contribution is 2.32. The molecule has 0 radical (unpaired) electrons. The molecule has 1 saturated heterocycles. The fraction of sp³-hybridized carbons (Fsp3) is 0.286. The number of amides is 2. The number of para-hydroxylation sites is 1. The van der Waals surface area contributed by atoms with Gasteiger partial charge in [-0.2, -0.15) is 13.2 Å². The fourth-order valence-corrected chi connectivity index (χ4v) is 5.70. The molecular weight excluding hydrogens is 561 g/mol. The number of carbonyl (C=O) groups is 2. The van der Waals surface area contributed by atoms with Crippen molar-refractivity contribution in [1.82, 2.24) is 9.80 Å². The monoisotopic (exact) mass is 590 g/mol. The van der Waals surface area contributed by atoms with Crippen LogP contribution in [-0.2, 0) is 27.5 Å². The van der Waals surface area contributed by atoms with Gasteiger partial charge in [0.1, 0.15) is 10.6 Å². The molecule has 3 aromatic rings. The molecule has 41 heavy (non-hydrogen) atoms. The number of nitrogens with zero attached hydrogens (tertiary/aromatic N) is 2. The first kappa shape index (κ1) is 29.7. The van der Waals surface area contributed by atoms with E-state index in [4.69, 9.17) is 4.74 Å². The van der Waals surface area contributed by atoms with Gasteiger partial charge < -0.3 is 19.9 Å². The zero-order chi connectivity index (χ0) is 29.8. The van der Waals surface area contributed by atoms with Gasteiger partial charge in [-0.05, 0) is 42.5 Å². The van der Waals surface area contributed by atoms with Crippen LogP contribution in [0.4, 0.5) is 24.5 Å². The van der Waals surface area contributed by atoms with E-state index >= 15 is 0 Å². The first-order valence-corrected chi connectivity index (χ1v) is 14.1. The van der Waals surface area contributed by atoms with E-state index in [9.17, 15) is 31.2 Å². The lowest BCUT2D eigenvalue weighted by Gasteiger charge is -2.34. The summed E-state index contributed by atoms with van der Waals surface area (Å²) in [7, 11) is -2.96. The van der Waals surface area contributed by atoms with Crippen molar-refractivity contribution >= 4 is 33.2 Å². The van der Waals surface area contributed by atoms with Crippen LogP contribution in [0.15, 0.2) is 71.6 Å². The molecule has 13 heteroatoms. The Morgan fingerprint density at radius 2 is 1.61 bits per heavy atom. The number of ether oxygens (including phenoxy) is 1. The summed E-state index contributed by atoms with van der Waals surface area (Å²) in [5.41, 5.74) is -0.358. The number of methoxy groups -OCH3 is 1. The fourth-order valence-electron chi connectivity index (χ4n) is 4.44. The molecule has 1 fully saturated rings. The molecule has 218 valence electrons. The zero-order valence-corrected chi connectivity index (χ0v) is 23.2. The Labute approximate surface area is 236 Å². The average molecular weight is 591 g/mol. The van der Waals surface area contributed by atoms with E-state index in [1.165, 1.54) is 43.2 Å². The van der Waals surface area contributed by atoms with Crippen molar-refractivity contribution in [3.63, 3.8) is 0 Å². The van der Waals surface area contributed by atoms with Crippen LogP contribution < -0.4 is 14.8 Å². The quantitative estimate of drug-likeness (QED) is 0.402. The number of benzene rings is 3. The molecule has 0 unspecified atom stereocenters. The Bertz CT molecular complexity index is 1540. The molecule has 1 heterocycles. The minimum atomic E-state index is -4.67. The number of rotatable bonds is 8. The molecule has 0 aromatic heterocycles. The van der Waals surface area contributed by atoms with Crippen LogP contribution in [0.2, 0.25) is 0 Å². The van der Waals surface area contributed by atoms with Crippen LogP contribution in [0.25, 0.3) is 0 Å². The third kappa shape index (κ3) is 7.09. The number of sulfonamides is 1. The van der Waals surface area contributed by atoms with Crippen molar-refractivity contribution in [1.29, 1.82) is 0 Å². The lowest BCUT2D eigenvalue weighted by molar-refractivity contribution is -0.137. The van der Waals surface area contributed by atoms with Crippen molar-refractivity contribution < 1.29 is 35.9 Å². The van der Waals surface area contributed by atoms with E-state index in [0.29, 0.717) is 24.9 Å². The van der Waals surface area contributed by atoms with Gasteiger partial charge in [0, 0.05) is 56.5 Å². The maximum absolute atomic E-state index is 13.6. The van der Waals surface area contributed by atoms with Crippen LogP contribution in [0.1, 0.15) is 28.4 Å². The van der Waals surface area contributed by atoms with E-state index in [0.717, 1.165) is 17.7 Å². The third-order valence-corrected chi connectivity index (χ3v) is 8.06. The summed E-state index contributed by atoms with van der Waals surface area (Å²) in [5.74, 6) is 0.0413. The van der Waals surface area contributed by atoms with Gasteiger partial charge in [0.15, 0.2) is 0 Å². The number of halogens is 3. The predicted molar refractivity (Wildman–Crippen MR) is 147 cm³/mol. The van der Waals surface area contributed by atoms with Crippen molar-refractivity contribution in [2.75, 3.05) is 43.3 Å². The number of carbonyl (C=O) groups excluding carboxylic acids is 2. The molecule has 3 aromatic carbocycles. The first-order chi connectivity index (χ1) is 19.4. The summed E-state index contributed by atoms with van der Waals surface area (Å²) in [6, 6.07) is 15.1. The molecule has 2 N–H and O–H groups in total. The van der Waals surface area contributed by atoms with Crippen LogP contribution >= 0.6 is 0 Å². The maximum atomic E-state index is 13.6. The Kier molecular flexibility index (Phi) is 8.76. The standard InChI is InChI=1S/C28H29F3N4O5S/c1-19(36)34-12-14-35(15-13-34)27(37)20-10-11-24(32-18-21-6-3-4-9-25(21)40-2)26(16-20)41(38,39)33-23-8-5-7-22(17-23)28(29,30)31/h3-11,16-17,32-33H,12-15,18H2,1-2H3. The molecular formula is C28H29F3N4O5S. The number of anilines is 2. The van der Waals surface area contributed by atoms with Crippen molar-refractivity contribution in [3.05, 3.63) is 83.4 Å². The van der Waals surface area contributed by atoms with Gasteiger partial charge in [0.2, 0.25) is 5.91 Å². The normalized spacial score (nSPS) is 14.0. The molecule has 0 aliphatic carbocycles. The maximum Gasteiger partial charge on any atom is 0.416 e. The predicted octanol–water partition coefficient (Wildman–Crippen LogP) is 4.43. The van der Waals surface area contributed by atoms with E-state index in [1.807, 2.05) is 0 Å². The molecule has 0 bridgehead atoms. The SMILES string of the molecule is COc1ccccc1CNc1ccc(C(=O)N2CCN(C(C)=O)CC2)cc1S(=O)(=O)Nc1cccc(C(F)(F)F)c1. The minimum Gasteiger partial charge on any atom is -0.496 e. The molecule has 0 spiro atoms. The topological polar surface area (TPSA) is 108 Å². The van der Waals surface area contributed by atoms with Crippen LogP contribution in [-0.4, -0.2) is 63.3 Å². The van der Waals surface area contributed by atoms with Crippen LogP contribution in [0.5, 0.6) is 5.75 Å². The Balaban J connectivity index is 1.67. The molecule has 1 aliphatic heterocycles. The van der Waals surface area contributed by atoms with Gasteiger partial charge in [0.05, 0.1) is 18.4 Å². The molecule has 0 atom stereocenters. The van der Waals surface area contributed by atoms with E-state index < -0.39 is 27.7 Å². The molecule has 9 nitrogen and oxygen atoms in total. The summed E-state index contributed by atoms with van der Waals surface area (Å²) in [5, 5.41) is 3.05.